The van der Waals surface area contributed by atoms with Gasteiger partial charge in [-0.1, -0.05) is 23.8 Å². The van der Waals surface area contributed by atoms with E-state index in [4.69, 9.17) is 0 Å². The molecule has 0 spiro atoms. The number of halogens is 3. The minimum atomic E-state index is -4.45. The minimum absolute atomic E-state index is 0.435. The summed E-state index contributed by atoms with van der Waals surface area (Å²) >= 11 is 0. The molecular weight excluding hydrogens is 303 g/mol. The van der Waals surface area contributed by atoms with Gasteiger partial charge in [0, 0.05) is 20.3 Å². The maximum absolute atomic E-state index is 12.8. The molecule has 0 saturated carbocycles. The second kappa shape index (κ2) is 6.40. The lowest BCUT2D eigenvalue weighted by molar-refractivity contribution is -0.141. The molecule has 1 heterocycles. The number of aryl methyl sites for hydroxylation is 2. The van der Waals surface area contributed by atoms with E-state index in [-0.39, 0.29) is 0 Å². The molecule has 1 aromatic carbocycles. The molecule has 0 unspecified atom stereocenters. The van der Waals surface area contributed by atoms with E-state index in [1.807, 2.05) is 31.2 Å². The van der Waals surface area contributed by atoms with Crippen LogP contribution in [0.4, 0.5) is 13.2 Å². The van der Waals surface area contributed by atoms with Crippen LogP contribution in [0.3, 0.4) is 0 Å². The summed E-state index contributed by atoms with van der Waals surface area (Å²) in [6.07, 6.45) is -0.948. The molecule has 0 bridgehead atoms. The predicted octanol–water partition coefficient (Wildman–Crippen LogP) is 2.45. The van der Waals surface area contributed by atoms with Gasteiger partial charge in [0.25, 0.3) is 0 Å². The highest BCUT2D eigenvalue weighted by Crippen LogP contribution is 2.29. The number of hydrogen-bond acceptors (Lipinski definition) is 2. The first-order chi connectivity index (χ1) is 10.7. The normalized spacial score (nSPS) is 14.7. The maximum Gasteiger partial charge on any atom is 0.435 e. The summed E-state index contributed by atoms with van der Waals surface area (Å²) in [6.45, 7) is 3.76. The summed E-state index contributed by atoms with van der Waals surface area (Å²) in [5.74, 6) is 0. The first kappa shape index (κ1) is 17.0. The number of aromatic nitrogens is 2. The smallest absolute Gasteiger partial charge is 0.296 e. The minimum Gasteiger partial charge on any atom is -0.296 e. The van der Waals surface area contributed by atoms with Crippen molar-refractivity contribution in [3.05, 3.63) is 51.7 Å². The fourth-order valence-corrected chi connectivity index (χ4v) is 2.41. The third-order valence-electron chi connectivity index (χ3n) is 3.57. The SMILES string of the molecule is CN=C/C=c1/cc(C)cc/c1=C(/C)c1cc(C(F)(F)F)nn1C. The molecule has 2 rings (SSSR count). The molecule has 6 heteroatoms. The number of nitrogens with zero attached hydrogens (tertiary/aromatic N) is 3. The summed E-state index contributed by atoms with van der Waals surface area (Å²) in [5, 5.41) is 5.33. The largest absolute Gasteiger partial charge is 0.435 e. The van der Waals surface area contributed by atoms with E-state index in [2.05, 4.69) is 10.1 Å². The summed E-state index contributed by atoms with van der Waals surface area (Å²) in [7, 11) is 3.18. The summed E-state index contributed by atoms with van der Waals surface area (Å²) in [5.41, 5.74) is 1.34. The quantitative estimate of drug-likeness (QED) is 0.782. The van der Waals surface area contributed by atoms with Gasteiger partial charge in [0.05, 0.1) is 5.69 Å². The predicted molar refractivity (Wildman–Crippen MR) is 85.7 cm³/mol. The lowest BCUT2D eigenvalue weighted by atomic mass is 10.1. The van der Waals surface area contributed by atoms with Crippen molar-refractivity contribution in [2.24, 2.45) is 12.0 Å². The number of alkyl halides is 3. The molecule has 0 aliphatic rings. The van der Waals surface area contributed by atoms with Crippen LogP contribution in [0.1, 0.15) is 23.9 Å². The summed E-state index contributed by atoms with van der Waals surface area (Å²) < 4.78 is 39.8. The van der Waals surface area contributed by atoms with Gasteiger partial charge >= 0.3 is 6.18 Å². The number of hydrogen-bond donors (Lipinski definition) is 0. The van der Waals surface area contributed by atoms with Crippen molar-refractivity contribution in [3.8, 4) is 0 Å². The van der Waals surface area contributed by atoms with Crippen LogP contribution in [-0.2, 0) is 13.2 Å². The second-order valence-electron chi connectivity index (χ2n) is 5.33. The lowest BCUT2D eigenvalue weighted by Crippen LogP contribution is -2.27. The van der Waals surface area contributed by atoms with E-state index in [9.17, 15) is 13.2 Å². The van der Waals surface area contributed by atoms with Crippen molar-refractivity contribution >= 4 is 17.9 Å². The first-order valence-corrected chi connectivity index (χ1v) is 7.05. The Morgan fingerprint density at radius 1 is 1.26 bits per heavy atom. The second-order valence-corrected chi connectivity index (χ2v) is 5.33. The molecule has 0 aliphatic carbocycles. The highest BCUT2D eigenvalue weighted by Gasteiger charge is 2.34. The van der Waals surface area contributed by atoms with Crippen LogP contribution < -0.4 is 10.4 Å². The van der Waals surface area contributed by atoms with Gasteiger partial charge in [0.2, 0.25) is 0 Å². The van der Waals surface area contributed by atoms with Crippen LogP contribution in [0.25, 0.3) is 11.6 Å². The molecule has 0 N–H and O–H groups in total. The van der Waals surface area contributed by atoms with E-state index < -0.39 is 11.9 Å². The van der Waals surface area contributed by atoms with Gasteiger partial charge in [-0.05, 0) is 42.0 Å². The molecule has 0 aliphatic heterocycles. The summed E-state index contributed by atoms with van der Waals surface area (Å²) in [4.78, 5) is 3.93. The Labute approximate surface area is 132 Å². The zero-order chi connectivity index (χ0) is 17.2. The molecular formula is C17H18F3N3. The zero-order valence-corrected chi connectivity index (χ0v) is 13.4. The Kier molecular flexibility index (Phi) is 4.73. The topological polar surface area (TPSA) is 30.2 Å². The number of rotatable bonds is 2. The van der Waals surface area contributed by atoms with Crippen molar-refractivity contribution < 1.29 is 13.2 Å². The Morgan fingerprint density at radius 2 is 1.96 bits per heavy atom. The molecule has 0 saturated heterocycles. The highest BCUT2D eigenvalue weighted by molar-refractivity contribution is 5.90. The average molecular weight is 321 g/mol. The third kappa shape index (κ3) is 3.70. The molecule has 122 valence electrons. The molecule has 0 atom stereocenters. The van der Waals surface area contributed by atoms with E-state index >= 15 is 0 Å². The lowest BCUT2D eigenvalue weighted by Gasteiger charge is -2.03. The van der Waals surface area contributed by atoms with Gasteiger partial charge in [0.1, 0.15) is 0 Å². The van der Waals surface area contributed by atoms with Crippen LogP contribution in [0.5, 0.6) is 0 Å². The number of benzene rings is 1. The maximum atomic E-state index is 12.8. The van der Waals surface area contributed by atoms with Crippen LogP contribution in [0.15, 0.2) is 29.3 Å². The molecule has 0 fully saturated rings. The molecule has 2 aromatic rings. The van der Waals surface area contributed by atoms with Gasteiger partial charge in [0.15, 0.2) is 5.69 Å². The highest BCUT2D eigenvalue weighted by atomic mass is 19.4. The van der Waals surface area contributed by atoms with E-state index in [1.165, 1.54) is 11.7 Å². The Hall–Kier alpha value is -2.37. The first-order valence-electron chi connectivity index (χ1n) is 7.05. The van der Waals surface area contributed by atoms with Crippen molar-refractivity contribution in [1.29, 1.82) is 0 Å². The van der Waals surface area contributed by atoms with Crippen molar-refractivity contribution in [1.82, 2.24) is 9.78 Å². The van der Waals surface area contributed by atoms with Crippen LogP contribution >= 0.6 is 0 Å². The summed E-state index contributed by atoms with van der Waals surface area (Å²) in [6, 6.07) is 6.88. The van der Waals surface area contributed by atoms with Crippen molar-refractivity contribution in [2.45, 2.75) is 20.0 Å². The Bertz CT molecular complexity index is 858. The van der Waals surface area contributed by atoms with E-state index in [0.29, 0.717) is 5.69 Å². The van der Waals surface area contributed by atoms with Crippen molar-refractivity contribution in [3.63, 3.8) is 0 Å². The fourth-order valence-electron chi connectivity index (χ4n) is 2.41. The van der Waals surface area contributed by atoms with Gasteiger partial charge in [-0.15, -0.1) is 0 Å². The Morgan fingerprint density at radius 3 is 2.52 bits per heavy atom. The van der Waals surface area contributed by atoms with Gasteiger partial charge < -0.3 is 0 Å². The molecule has 0 amide bonds. The van der Waals surface area contributed by atoms with Crippen LogP contribution in [0, 0.1) is 6.92 Å². The molecule has 1 aromatic heterocycles. The van der Waals surface area contributed by atoms with Crippen LogP contribution in [0.2, 0.25) is 0 Å². The van der Waals surface area contributed by atoms with E-state index in [0.717, 1.165) is 27.6 Å². The van der Waals surface area contributed by atoms with E-state index in [1.54, 1.807) is 20.2 Å². The third-order valence-corrected chi connectivity index (χ3v) is 3.57. The van der Waals surface area contributed by atoms with Gasteiger partial charge in [-0.25, -0.2) is 0 Å². The molecule has 0 radical (unpaired) electrons. The zero-order valence-electron chi connectivity index (χ0n) is 13.4. The van der Waals surface area contributed by atoms with Crippen molar-refractivity contribution in [2.75, 3.05) is 7.05 Å². The van der Waals surface area contributed by atoms with Gasteiger partial charge in [-0.2, -0.15) is 18.3 Å². The monoisotopic (exact) mass is 321 g/mol. The molecule has 3 nitrogen and oxygen atoms in total. The fraction of sp³-hybridized carbons (Fsp3) is 0.294. The van der Waals surface area contributed by atoms with Gasteiger partial charge in [-0.3, -0.25) is 9.67 Å². The molecule has 23 heavy (non-hydrogen) atoms. The average Bonchev–Trinajstić information content (AvgIpc) is 2.86. The standard InChI is InChI=1S/C17H18F3N3/c1-11-5-6-14(13(9-11)7-8-21-3)12(2)15-10-16(17(18,19)20)22-23(15)4/h5-10H,1-4H3/b13-7-,14-12+,21-8?. The van der Waals surface area contributed by atoms with Crippen LogP contribution in [-0.4, -0.2) is 23.0 Å². The number of aliphatic imine (C=N–C) groups is 1. The Balaban J connectivity index is 2.75.